The molecule has 1 saturated heterocycles. The number of hydrogen-bond donors (Lipinski definition) is 2. The molecule has 2 rings (SSSR count). The van der Waals surface area contributed by atoms with Crippen LogP contribution < -0.4 is 0 Å². The summed E-state index contributed by atoms with van der Waals surface area (Å²) in [6.45, 7) is 1.29. The summed E-state index contributed by atoms with van der Waals surface area (Å²) in [7, 11) is 0. The van der Waals surface area contributed by atoms with Gasteiger partial charge in [-0.2, -0.15) is 0 Å². The lowest BCUT2D eigenvalue weighted by molar-refractivity contribution is -0.143. The average molecular weight is 285 g/mol. The number of halogens is 2. The molecule has 1 aliphatic heterocycles. The minimum Gasteiger partial charge on any atom is -0.481 e. The second kappa shape index (κ2) is 6.28. The number of benzene rings is 1. The Balaban J connectivity index is 1.98. The lowest BCUT2D eigenvalue weighted by Crippen LogP contribution is -2.40. The van der Waals surface area contributed by atoms with Crippen molar-refractivity contribution in [1.29, 1.82) is 0 Å². The number of β-amino-alcohol motifs (C(OH)–C–C–N with tert-alkyl or cyclic N) is 1. The van der Waals surface area contributed by atoms with Gasteiger partial charge in [0.2, 0.25) is 0 Å². The number of hydrogen-bond acceptors (Lipinski definition) is 3. The zero-order valence-electron chi connectivity index (χ0n) is 10.9. The number of piperidine rings is 1. The van der Waals surface area contributed by atoms with E-state index >= 15 is 0 Å². The summed E-state index contributed by atoms with van der Waals surface area (Å²) in [5.41, 5.74) is 0.293. The molecule has 2 N–H and O–H groups in total. The zero-order chi connectivity index (χ0) is 14.7. The van der Waals surface area contributed by atoms with Crippen molar-refractivity contribution < 1.29 is 23.8 Å². The molecular weight excluding hydrogens is 268 g/mol. The molecule has 1 aromatic rings. The van der Waals surface area contributed by atoms with Gasteiger partial charge >= 0.3 is 5.97 Å². The van der Waals surface area contributed by atoms with Crippen molar-refractivity contribution in [3.63, 3.8) is 0 Å². The fourth-order valence-corrected chi connectivity index (χ4v) is 2.49. The van der Waals surface area contributed by atoms with Crippen molar-refractivity contribution in [2.75, 3.05) is 19.6 Å². The highest BCUT2D eigenvalue weighted by atomic mass is 19.2. The number of aliphatic hydroxyl groups is 1. The Hall–Kier alpha value is -1.53. The fraction of sp³-hybridized carbons (Fsp3) is 0.500. The monoisotopic (exact) mass is 285 g/mol. The number of carboxylic acids is 1. The molecule has 0 aromatic heterocycles. The van der Waals surface area contributed by atoms with E-state index in [0.29, 0.717) is 25.1 Å². The highest BCUT2D eigenvalue weighted by molar-refractivity contribution is 5.70. The smallest absolute Gasteiger partial charge is 0.307 e. The number of carbonyl (C=O) groups is 1. The predicted molar refractivity (Wildman–Crippen MR) is 68.1 cm³/mol. The van der Waals surface area contributed by atoms with Crippen LogP contribution in [0, 0.1) is 17.6 Å². The summed E-state index contributed by atoms with van der Waals surface area (Å²) >= 11 is 0. The third-order valence-corrected chi connectivity index (χ3v) is 3.61. The Morgan fingerprint density at radius 1 is 1.40 bits per heavy atom. The quantitative estimate of drug-likeness (QED) is 0.885. The molecule has 0 saturated carbocycles. The molecule has 1 aromatic carbocycles. The standard InChI is InChI=1S/C14H17F2NO3/c15-11-4-3-9(6-12(11)16)13(18)8-17-5-1-2-10(7-17)14(19)20/h3-4,6,10,13,18H,1-2,5,7-8H2,(H,19,20). The summed E-state index contributed by atoms with van der Waals surface area (Å²) in [5, 5.41) is 19.0. The SMILES string of the molecule is O=C(O)C1CCCN(CC(O)c2ccc(F)c(F)c2)C1. The van der Waals surface area contributed by atoms with E-state index in [4.69, 9.17) is 5.11 Å². The fourth-order valence-electron chi connectivity index (χ4n) is 2.49. The van der Waals surface area contributed by atoms with Crippen LogP contribution in [0.15, 0.2) is 18.2 Å². The molecule has 20 heavy (non-hydrogen) atoms. The van der Waals surface area contributed by atoms with Gasteiger partial charge in [-0.15, -0.1) is 0 Å². The van der Waals surface area contributed by atoms with Crippen LogP contribution in [0.3, 0.4) is 0 Å². The molecular formula is C14H17F2NO3. The van der Waals surface area contributed by atoms with Crippen LogP contribution in [0.25, 0.3) is 0 Å². The topological polar surface area (TPSA) is 60.8 Å². The van der Waals surface area contributed by atoms with Crippen molar-refractivity contribution in [3.05, 3.63) is 35.4 Å². The van der Waals surface area contributed by atoms with Crippen LogP contribution in [-0.2, 0) is 4.79 Å². The van der Waals surface area contributed by atoms with Crippen LogP contribution in [-0.4, -0.2) is 40.7 Å². The number of nitrogens with zero attached hydrogens (tertiary/aromatic N) is 1. The molecule has 0 radical (unpaired) electrons. The van der Waals surface area contributed by atoms with Gasteiger partial charge in [-0.05, 0) is 37.1 Å². The third kappa shape index (κ3) is 3.52. The zero-order valence-corrected chi connectivity index (χ0v) is 10.9. The van der Waals surface area contributed by atoms with Crippen LogP contribution >= 0.6 is 0 Å². The number of likely N-dealkylation sites (tertiary alicyclic amines) is 1. The molecule has 1 aliphatic rings. The maximum absolute atomic E-state index is 13.1. The largest absolute Gasteiger partial charge is 0.481 e. The summed E-state index contributed by atoms with van der Waals surface area (Å²) in [4.78, 5) is 12.8. The van der Waals surface area contributed by atoms with Crippen LogP contribution in [0.2, 0.25) is 0 Å². The molecule has 2 unspecified atom stereocenters. The second-order valence-corrected chi connectivity index (χ2v) is 5.13. The van der Waals surface area contributed by atoms with Crippen LogP contribution in [0.1, 0.15) is 24.5 Å². The van der Waals surface area contributed by atoms with Crippen LogP contribution in [0.4, 0.5) is 8.78 Å². The molecule has 0 aliphatic carbocycles. The van der Waals surface area contributed by atoms with Gasteiger partial charge in [0, 0.05) is 13.1 Å². The van der Waals surface area contributed by atoms with Gasteiger partial charge < -0.3 is 10.2 Å². The van der Waals surface area contributed by atoms with E-state index in [1.54, 1.807) is 0 Å². The Morgan fingerprint density at radius 3 is 2.80 bits per heavy atom. The Kier molecular flexibility index (Phi) is 4.67. The Morgan fingerprint density at radius 2 is 2.15 bits per heavy atom. The molecule has 1 heterocycles. The first-order valence-corrected chi connectivity index (χ1v) is 6.55. The molecule has 1 fully saturated rings. The van der Waals surface area contributed by atoms with Crippen molar-refractivity contribution in [2.24, 2.45) is 5.92 Å². The summed E-state index contributed by atoms with van der Waals surface area (Å²) in [6.07, 6.45) is 0.423. The van der Waals surface area contributed by atoms with Crippen molar-refractivity contribution in [1.82, 2.24) is 4.90 Å². The first-order valence-electron chi connectivity index (χ1n) is 6.55. The summed E-state index contributed by atoms with van der Waals surface area (Å²) < 4.78 is 25.9. The Bertz CT molecular complexity index is 495. The average Bonchev–Trinajstić information content (AvgIpc) is 2.42. The van der Waals surface area contributed by atoms with E-state index < -0.39 is 29.6 Å². The molecule has 4 nitrogen and oxygen atoms in total. The lowest BCUT2D eigenvalue weighted by atomic mass is 9.97. The second-order valence-electron chi connectivity index (χ2n) is 5.13. The number of carboxylic acid groups (broad SMARTS) is 1. The molecule has 0 amide bonds. The van der Waals surface area contributed by atoms with Crippen molar-refractivity contribution in [2.45, 2.75) is 18.9 Å². The van der Waals surface area contributed by atoms with Gasteiger partial charge in [0.15, 0.2) is 11.6 Å². The molecule has 2 atom stereocenters. The lowest BCUT2D eigenvalue weighted by Gasteiger charge is -2.32. The van der Waals surface area contributed by atoms with Gasteiger partial charge in [-0.1, -0.05) is 6.07 Å². The van der Waals surface area contributed by atoms with E-state index in [2.05, 4.69) is 0 Å². The summed E-state index contributed by atoms with van der Waals surface area (Å²) in [6, 6.07) is 3.28. The molecule has 6 heteroatoms. The minimum atomic E-state index is -0.997. The van der Waals surface area contributed by atoms with Crippen molar-refractivity contribution in [3.8, 4) is 0 Å². The number of aliphatic hydroxyl groups excluding tert-OH is 1. The van der Waals surface area contributed by atoms with Gasteiger partial charge in [0.05, 0.1) is 12.0 Å². The first-order chi connectivity index (χ1) is 9.47. The highest BCUT2D eigenvalue weighted by Gasteiger charge is 2.26. The van der Waals surface area contributed by atoms with E-state index in [0.717, 1.165) is 18.6 Å². The van der Waals surface area contributed by atoms with Gasteiger partial charge in [0.1, 0.15) is 0 Å². The third-order valence-electron chi connectivity index (χ3n) is 3.61. The van der Waals surface area contributed by atoms with E-state index in [1.165, 1.54) is 6.07 Å². The molecule has 0 spiro atoms. The minimum absolute atomic E-state index is 0.217. The normalized spacial score (nSPS) is 21.6. The van der Waals surface area contributed by atoms with E-state index in [-0.39, 0.29) is 6.54 Å². The van der Waals surface area contributed by atoms with Gasteiger partial charge in [-0.3, -0.25) is 9.69 Å². The number of aliphatic carboxylic acids is 1. The highest BCUT2D eigenvalue weighted by Crippen LogP contribution is 2.21. The van der Waals surface area contributed by atoms with Crippen molar-refractivity contribution >= 4 is 5.97 Å². The Labute approximate surface area is 115 Å². The summed E-state index contributed by atoms with van der Waals surface area (Å²) in [5.74, 6) is -3.22. The molecule has 110 valence electrons. The predicted octanol–water partition coefficient (Wildman–Crippen LogP) is 1.79. The first kappa shape index (κ1) is 14.9. The van der Waals surface area contributed by atoms with Crippen LogP contribution in [0.5, 0.6) is 0 Å². The number of rotatable bonds is 4. The van der Waals surface area contributed by atoms with Gasteiger partial charge in [-0.25, -0.2) is 8.78 Å². The molecule has 0 bridgehead atoms. The maximum atomic E-state index is 13.1. The van der Waals surface area contributed by atoms with E-state index in [9.17, 15) is 18.7 Å². The van der Waals surface area contributed by atoms with Gasteiger partial charge in [0.25, 0.3) is 0 Å². The van der Waals surface area contributed by atoms with E-state index in [1.807, 2.05) is 4.90 Å². The maximum Gasteiger partial charge on any atom is 0.307 e.